The first-order valence-corrected chi connectivity index (χ1v) is 11.4. The normalized spacial score (nSPS) is 20.5. The molecule has 1 amide bonds. The predicted molar refractivity (Wildman–Crippen MR) is 125 cm³/mol. The number of rotatable bonds is 3. The second kappa shape index (κ2) is 8.90. The highest BCUT2D eigenvalue weighted by Crippen LogP contribution is 2.32. The highest BCUT2D eigenvalue weighted by molar-refractivity contribution is 5.94. The Balaban J connectivity index is 1.55. The molecule has 3 aromatic rings. The lowest BCUT2D eigenvalue weighted by Gasteiger charge is -2.39. The van der Waals surface area contributed by atoms with Crippen molar-refractivity contribution in [1.29, 1.82) is 0 Å². The minimum absolute atomic E-state index is 0.0688. The predicted octanol–water partition coefficient (Wildman–Crippen LogP) is 4.09. The standard InChI is InChI=1S/C26H27FN4O2/c1-17-14-31(15-18(2)33-17)25-21-16-30(26(32)20-10-6-7-11-22(20)27)13-12-23(21)28-24(29-25)19-8-4-3-5-9-19/h3-11,17-18H,12-16H2,1-2H3. The van der Waals surface area contributed by atoms with E-state index in [2.05, 4.69) is 18.7 Å². The van der Waals surface area contributed by atoms with E-state index < -0.39 is 5.82 Å². The molecule has 33 heavy (non-hydrogen) atoms. The van der Waals surface area contributed by atoms with E-state index in [4.69, 9.17) is 14.7 Å². The molecule has 2 aliphatic heterocycles. The zero-order valence-electron chi connectivity index (χ0n) is 18.9. The maximum Gasteiger partial charge on any atom is 0.257 e. The molecule has 2 unspecified atom stereocenters. The molecule has 0 saturated carbocycles. The van der Waals surface area contributed by atoms with Crippen molar-refractivity contribution in [2.75, 3.05) is 24.5 Å². The van der Waals surface area contributed by atoms with E-state index in [-0.39, 0.29) is 23.7 Å². The van der Waals surface area contributed by atoms with Gasteiger partial charge in [-0.1, -0.05) is 42.5 Å². The van der Waals surface area contributed by atoms with Gasteiger partial charge < -0.3 is 14.5 Å². The van der Waals surface area contributed by atoms with E-state index in [1.165, 1.54) is 12.1 Å². The Kier molecular flexibility index (Phi) is 5.81. The summed E-state index contributed by atoms with van der Waals surface area (Å²) in [6.45, 7) is 6.38. The van der Waals surface area contributed by atoms with Gasteiger partial charge in [0.2, 0.25) is 0 Å². The van der Waals surface area contributed by atoms with Gasteiger partial charge >= 0.3 is 0 Å². The summed E-state index contributed by atoms with van der Waals surface area (Å²) in [5.74, 6) is 0.720. The molecule has 1 saturated heterocycles. The van der Waals surface area contributed by atoms with Crippen molar-refractivity contribution < 1.29 is 13.9 Å². The number of fused-ring (bicyclic) bond motifs is 1. The Bertz CT molecular complexity index is 1160. The van der Waals surface area contributed by atoms with Crippen molar-refractivity contribution in [1.82, 2.24) is 14.9 Å². The molecule has 0 aliphatic carbocycles. The number of aromatic nitrogens is 2. The van der Waals surface area contributed by atoms with Crippen LogP contribution in [0, 0.1) is 5.82 Å². The van der Waals surface area contributed by atoms with Gasteiger partial charge in [-0.05, 0) is 26.0 Å². The van der Waals surface area contributed by atoms with Crippen LogP contribution in [0.15, 0.2) is 54.6 Å². The molecule has 0 N–H and O–H groups in total. The Morgan fingerprint density at radius 2 is 1.70 bits per heavy atom. The van der Waals surface area contributed by atoms with Gasteiger partial charge in [-0.15, -0.1) is 0 Å². The Morgan fingerprint density at radius 3 is 2.42 bits per heavy atom. The molecule has 5 rings (SSSR count). The summed E-state index contributed by atoms with van der Waals surface area (Å²) in [7, 11) is 0. The van der Waals surface area contributed by atoms with Crippen molar-refractivity contribution in [3.8, 4) is 11.4 Å². The molecule has 3 heterocycles. The van der Waals surface area contributed by atoms with Crippen molar-refractivity contribution in [2.24, 2.45) is 0 Å². The second-order valence-electron chi connectivity index (χ2n) is 8.78. The van der Waals surface area contributed by atoms with Gasteiger partial charge in [0.1, 0.15) is 11.6 Å². The van der Waals surface area contributed by atoms with E-state index >= 15 is 0 Å². The first kappa shape index (κ1) is 21.5. The van der Waals surface area contributed by atoms with Crippen molar-refractivity contribution in [3.63, 3.8) is 0 Å². The summed E-state index contributed by atoms with van der Waals surface area (Å²) in [6.07, 6.45) is 0.735. The van der Waals surface area contributed by atoms with Crippen LogP contribution in [-0.2, 0) is 17.7 Å². The lowest BCUT2D eigenvalue weighted by Crippen LogP contribution is -2.47. The van der Waals surface area contributed by atoms with Crippen LogP contribution in [0.4, 0.5) is 10.2 Å². The minimum atomic E-state index is -0.500. The van der Waals surface area contributed by atoms with Crippen LogP contribution in [0.25, 0.3) is 11.4 Å². The van der Waals surface area contributed by atoms with E-state index in [0.29, 0.717) is 38.4 Å². The quantitative estimate of drug-likeness (QED) is 0.607. The highest BCUT2D eigenvalue weighted by Gasteiger charge is 2.32. The number of carbonyl (C=O) groups is 1. The number of halogens is 1. The van der Waals surface area contributed by atoms with E-state index in [1.807, 2.05) is 30.3 Å². The summed E-state index contributed by atoms with van der Waals surface area (Å²) in [4.78, 5) is 26.9. The minimum Gasteiger partial charge on any atom is -0.372 e. The molecule has 2 atom stereocenters. The third kappa shape index (κ3) is 4.33. The highest BCUT2D eigenvalue weighted by atomic mass is 19.1. The number of morpholine rings is 1. The number of ether oxygens (including phenoxy) is 1. The van der Waals surface area contributed by atoms with Gasteiger partial charge in [0.05, 0.1) is 30.0 Å². The zero-order chi connectivity index (χ0) is 22.9. The molecule has 2 aliphatic rings. The van der Waals surface area contributed by atoms with E-state index in [0.717, 1.165) is 22.6 Å². The van der Waals surface area contributed by atoms with Gasteiger partial charge in [-0.25, -0.2) is 14.4 Å². The fourth-order valence-corrected chi connectivity index (χ4v) is 4.70. The third-order valence-electron chi connectivity index (χ3n) is 6.18. The maximum atomic E-state index is 14.3. The molecule has 7 heteroatoms. The van der Waals surface area contributed by atoms with Gasteiger partial charge in [0.15, 0.2) is 5.82 Å². The van der Waals surface area contributed by atoms with Crippen LogP contribution in [0.2, 0.25) is 0 Å². The van der Waals surface area contributed by atoms with Crippen LogP contribution in [0.1, 0.15) is 35.5 Å². The van der Waals surface area contributed by atoms with Crippen LogP contribution in [0.5, 0.6) is 0 Å². The second-order valence-corrected chi connectivity index (χ2v) is 8.78. The smallest absolute Gasteiger partial charge is 0.257 e. The lowest BCUT2D eigenvalue weighted by atomic mass is 10.0. The number of hydrogen-bond acceptors (Lipinski definition) is 5. The summed E-state index contributed by atoms with van der Waals surface area (Å²) >= 11 is 0. The summed E-state index contributed by atoms with van der Waals surface area (Å²) in [5, 5.41) is 0. The molecule has 2 aromatic carbocycles. The van der Waals surface area contributed by atoms with Crippen LogP contribution in [-0.4, -0.2) is 52.6 Å². The maximum absolute atomic E-state index is 14.3. The first-order chi connectivity index (χ1) is 16.0. The molecular formula is C26H27FN4O2. The molecule has 1 aromatic heterocycles. The monoisotopic (exact) mass is 446 g/mol. The number of nitrogens with zero attached hydrogens (tertiary/aromatic N) is 4. The Labute approximate surface area is 193 Å². The number of amides is 1. The molecule has 6 nitrogen and oxygen atoms in total. The van der Waals surface area contributed by atoms with Crippen molar-refractivity contribution >= 4 is 11.7 Å². The Morgan fingerprint density at radius 1 is 1.00 bits per heavy atom. The number of benzene rings is 2. The first-order valence-electron chi connectivity index (χ1n) is 11.4. The molecule has 0 spiro atoms. The molecule has 170 valence electrons. The molecule has 1 fully saturated rings. The summed E-state index contributed by atoms with van der Waals surface area (Å²) in [5.41, 5.74) is 2.94. The number of carbonyl (C=O) groups excluding carboxylic acids is 1. The van der Waals surface area contributed by atoms with Crippen LogP contribution < -0.4 is 4.90 Å². The third-order valence-corrected chi connectivity index (χ3v) is 6.18. The fourth-order valence-electron chi connectivity index (χ4n) is 4.70. The molecule has 0 bridgehead atoms. The van der Waals surface area contributed by atoms with Gasteiger partial charge in [0, 0.05) is 37.2 Å². The van der Waals surface area contributed by atoms with Gasteiger partial charge in [0.25, 0.3) is 5.91 Å². The average molecular weight is 447 g/mol. The van der Waals surface area contributed by atoms with Crippen LogP contribution in [0.3, 0.4) is 0 Å². The van der Waals surface area contributed by atoms with Crippen molar-refractivity contribution in [3.05, 3.63) is 77.2 Å². The summed E-state index contributed by atoms with van der Waals surface area (Å²) < 4.78 is 20.2. The van der Waals surface area contributed by atoms with Crippen molar-refractivity contribution in [2.45, 2.75) is 39.0 Å². The Hall–Kier alpha value is -3.32. The molecular weight excluding hydrogens is 419 g/mol. The summed E-state index contributed by atoms with van der Waals surface area (Å²) in [6, 6.07) is 16.1. The SMILES string of the molecule is CC1CN(c2nc(-c3ccccc3)nc3c2CN(C(=O)c2ccccc2F)CC3)CC(C)O1. The average Bonchev–Trinajstić information content (AvgIpc) is 2.83. The van der Waals surface area contributed by atoms with Gasteiger partial charge in [-0.3, -0.25) is 4.79 Å². The van der Waals surface area contributed by atoms with E-state index in [9.17, 15) is 9.18 Å². The zero-order valence-corrected chi connectivity index (χ0v) is 18.9. The number of hydrogen-bond donors (Lipinski definition) is 0. The van der Waals surface area contributed by atoms with Crippen LogP contribution >= 0.6 is 0 Å². The van der Waals surface area contributed by atoms with Gasteiger partial charge in [-0.2, -0.15) is 0 Å². The molecule has 0 radical (unpaired) electrons. The van der Waals surface area contributed by atoms with E-state index in [1.54, 1.807) is 17.0 Å². The fraction of sp³-hybridized carbons (Fsp3) is 0.346. The number of anilines is 1. The topological polar surface area (TPSA) is 58.6 Å². The lowest BCUT2D eigenvalue weighted by molar-refractivity contribution is -0.00558. The largest absolute Gasteiger partial charge is 0.372 e.